The van der Waals surface area contributed by atoms with E-state index in [1.54, 1.807) is 0 Å². The van der Waals surface area contributed by atoms with E-state index in [1.807, 2.05) is 42.2 Å². The van der Waals surface area contributed by atoms with Gasteiger partial charge in [0.15, 0.2) is 5.69 Å². The zero-order valence-electron chi connectivity index (χ0n) is 12.0. The predicted octanol–water partition coefficient (Wildman–Crippen LogP) is 2.29. The van der Waals surface area contributed by atoms with Crippen LogP contribution in [-0.4, -0.2) is 34.4 Å². The molecule has 0 saturated carbocycles. The first kappa shape index (κ1) is 13.8. The fraction of sp³-hybridized carbons (Fsp3) is 0.375. The van der Waals surface area contributed by atoms with E-state index < -0.39 is 0 Å². The van der Waals surface area contributed by atoms with E-state index >= 15 is 0 Å². The van der Waals surface area contributed by atoms with Gasteiger partial charge in [-0.1, -0.05) is 18.2 Å². The Morgan fingerprint density at radius 1 is 1.38 bits per heavy atom. The Hall–Kier alpha value is -2.14. The van der Waals surface area contributed by atoms with Gasteiger partial charge in [-0.05, 0) is 31.9 Å². The zero-order chi connectivity index (χ0) is 14.8. The fourth-order valence-corrected chi connectivity index (χ4v) is 2.74. The minimum atomic E-state index is -0.0830. The van der Waals surface area contributed by atoms with Crippen LogP contribution < -0.4 is 5.73 Å². The summed E-state index contributed by atoms with van der Waals surface area (Å²) < 4.78 is 5.44. The molecule has 0 spiro atoms. The number of likely N-dealkylation sites (tertiary alicyclic amines) is 1. The van der Waals surface area contributed by atoms with Crippen LogP contribution in [0.5, 0.6) is 0 Å². The van der Waals surface area contributed by atoms with Gasteiger partial charge < -0.3 is 15.1 Å². The number of benzene rings is 1. The molecule has 21 heavy (non-hydrogen) atoms. The molecule has 1 aromatic carbocycles. The highest BCUT2D eigenvalue weighted by Gasteiger charge is 2.29. The van der Waals surface area contributed by atoms with Crippen LogP contribution in [0.4, 0.5) is 0 Å². The molecule has 2 atom stereocenters. The average Bonchev–Trinajstić information content (AvgIpc) is 2.97. The maximum absolute atomic E-state index is 12.5. The second-order valence-corrected chi connectivity index (χ2v) is 5.54. The molecule has 0 radical (unpaired) electrons. The predicted molar refractivity (Wildman–Crippen MR) is 79.6 cm³/mol. The third-order valence-corrected chi connectivity index (χ3v) is 3.92. The van der Waals surface area contributed by atoms with Gasteiger partial charge in [0.1, 0.15) is 6.26 Å². The molecule has 0 aliphatic carbocycles. The summed E-state index contributed by atoms with van der Waals surface area (Å²) in [5.41, 5.74) is 7.16. The minimum absolute atomic E-state index is 0.0830. The molecule has 2 aromatic rings. The van der Waals surface area contributed by atoms with Gasteiger partial charge in [-0.25, -0.2) is 4.98 Å². The van der Waals surface area contributed by atoms with Gasteiger partial charge in [0.25, 0.3) is 5.91 Å². The van der Waals surface area contributed by atoms with Crippen LogP contribution in [0, 0.1) is 0 Å². The molecule has 1 aliphatic heterocycles. The number of aromatic nitrogens is 1. The van der Waals surface area contributed by atoms with E-state index in [0.717, 1.165) is 18.4 Å². The van der Waals surface area contributed by atoms with Gasteiger partial charge in [0.05, 0.1) is 0 Å². The summed E-state index contributed by atoms with van der Waals surface area (Å²) in [4.78, 5) is 18.7. The first-order chi connectivity index (χ1) is 10.1. The number of nitrogens with zero attached hydrogens (tertiary/aromatic N) is 2. The van der Waals surface area contributed by atoms with E-state index in [4.69, 9.17) is 10.2 Å². The molecule has 2 unspecified atom stereocenters. The molecule has 1 aromatic heterocycles. The number of piperidine rings is 1. The Balaban J connectivity index is 1.78. The van der Waals surface area contributed by atoms with E-state index in [-0.39, 0.29) is 18.0 Å². The number of hydrogen-bond acceptors (Lipinski definition) is 4. The molecule has 3 rings (SSSR count). The molecule has 2 heterocycles. The van der Waals surface area contributed by atoms with Crippen molar-refractivity contribution in [3.8, 4) is 11.5 Å². The standard InChI is InChI=1S/C16H19N3O2/c1-11-9-13(17)7-8-19(11)16(20)14-10-21-15(18-14)12-5-3-2-4-6-12/h2-6,10-11,13H,7-9,17H2,1H3. The largest absolute Gasteiger partial charge is 0.444 e. The lowest BCUT2D eigenvalue weighted by Gasteiger charge is -2.35. The molecule has 5 nitrogen and oxygen atoms in total. The number of rotatable bonds is 2. The van der Waals surface area contributed by atoms with Crippen molar-refractivity contribution >= 4 is 5.91 Å². The first-order valence-electron chi connectivity index (χ1n) is 7.22. The van der Waals surface area contributed by atoms with Crippen LogP contribution in [0.3, 0.4) is 0 Å². The van der Waals surface area contributed by atoms with Crippen molar-refractivity contribution in [2.75, 3.05) is 6.54 Å². The number of carbonyl (C=O) groups excluding carboxylic acids is 1. The van der Waals surface area contributed by atoms with Crippen molar-refractivity contribution in [2.24, 2.45) is 5.73 Å². The molecule has 1 amide bonds. The van der Waals surface area contributed by atoms with Crippen LogP contribution in [0.2, 0.25) is 0 Å². The highest BCUT2D eigenvalue weighted by atomic mass is 16.3. The smallest absolute Gasteiger partial charge is 0.276 e. The summed E-state index contributed by atoms with van der Waals surface area (Å²) >= 11 is 0. The van der Waals surface area contributed by atoms with Crippen molar-refractivity contribution in [2.45, 2.75) is 31.8 Å². The van der Waals surface area contributed by atoms with E-state index in [2.05, 4.69) is 4.98 Å². The molecule has 1 saturated heterocycles. The molecular weight excluding hydrogens is 266 g/mol. The lowest BCUT2D eigenvalue weighted by Crippen LogP contribution is -2.48. The maximum atomic E-state index is 12.5. The monoisotopic (exact) mass is 285 g/mol. The number of nitrogens with two attached hydrogens (primary N) is 1. The lowest BCUT2D eigenvalue weighted by atomic mass is 9.99. The Bertz CT molecular complexity index is 623. The van der Waals surface area contributed by atoms with E-state index in [9.17, 15) is 4.79 Å². The van der Waals surface area contributed by atoms with Gasteiger partial charge in [0, 0.05) is 24.2 Å². The second-order valence-electron chi connectivity index (χ2n) is 5.54. The molecular formula is C16H19N3O2. The minimum Gasteiger partial charge on any atom is -0.444 e. The highest BCUT2D eigenvalue weighted by Crippen LogP contribution is 2.22. The molecule has 1 fully saturated rings. The average molecular weight is 285 g/mol. The summed E-state index contributed by atoms with van der Waals surface area (Å²) in [6.45, 7) is 2.70. The number of carbonyl (C=O) groups is 1. The third-order valence-electron chi connectivity index (χ3n) is 3.92. The molecule has 5 heteroatoms. The SMILES string of the molecule is CC1CC(N)CCN1C(=O)c1coc(-c2ccccc2)n1. The Labute approximate surface area is 123 Å². The quantitative estimate of drug-likeness (QED) is 0.919. The Morgan fingerprint density at radius 2 is 2.14 bits per heavy atom. The zero-order valence-corrected chi connectivity index (χ0v) is 12.0. The summed E-state index contributed by atoms with van der Waals surface area (Å²) in [7, 11) is 0. The maximum Gasteiger partial charge on any atom is 0.276 e. The van der Waals surface area contributed by atoms with Gasteiger partial charge in [-0.2, -0.15) is 0 Å². The van der Waals surface area contributed by atoms with Crippen molar-refractivity contribution < 1.29 is 9.21 Å². The lowest BCUT2D eigenvalue weighted by molar-refractivity contribution is 0.0613. The molecule has 1 aliphatic rings. The van der Waals surface area contributed by atoms with E-state index in [1.165, 1.54) is 6.26 Å². The van der Waals surface area contributed by atoms with Crippen molar-refractivity contribution in [1.29, 1.82) is 0 Å². The third kappa shape index (κ3) is 2.83. The van der Waals surface area contributed by atoms with Crippen LogP contribution in [0.25, 0.3) is 11.5 Å². The van der Waals surface area contributed by atoms with Crippen LogP contribution in [0.1, 0.15) is 30.3 Å². The Morgan fingerprint density at radius 3 is 2.86 bits per heavy atom. The van der Waals surface area contributed by atoms with Crippen LogP contribution >= 0.6 is 0 Å². The highest BCUT2D eigenvalue weighted by molar-refractivity contribution is 5.92. The van der Waals surface area contributed by atoms with Gasteiger partial charge in [-0.15, -0.1) is 0 Å². The summed E-state index contributed by atoms with van der Waals surface area (Å²) in [6.07, 6.45) is 3.10. The molecule has 110 valence electrons. The number of amides is 1. The Kier molecular flexibility index (Phi) is 3.75. The molecule has 0 bridgehead atoms. The normalized spacial score (nSPS) is 22.3. The topological polar surface area (TPSA) is 72.4 Å². The first-order valence-corrected chi connectivity index (χ1v) is 7.22. The summed E-state index contributed by atoms with van der Waals surface area (Å²) in [5.74, 6) is 0.389. The molecule has 2 N–H and O–H groups in total. The van der Waals surface area contributed by atoms with Gasteiger partial charge in [-0.3, -0.25) is 4.79 Å². The van der Waals surface area contributed by atoms with Gasteiger partial charge in [0.2, 0.25) is 5.89 Å². The number of hydrogen-bond donors (Lipinski definition) is 1. The number of oxazole rings is 1. The summed E-state index contributed by atoms with van der Waals surface area (Å²) in [5, 5.41) is 0. The van der Waals surface area contributed by atoms with Crippen molar-refractivity contribution in [1.82, 2.24) is 9.88 Å². The van der Waals surface area contributed by atoms with Crippen LogP contribution in [-0.2, 0) is 0 Å². The summed E-state index contributed by atoms with van der Waals surface area (Å²) in [6, 6.07) is 9.88. The second kappa shape index (κ2) is 5.69. The van der Waals surface area contributed by atoms with Gasteiger partial charge >= 0.3 is 0 Å². The van der Waals surface area contributed by atoms with E-state index in [0.29, 0.717) is 18.1 Å². The van der Waals surface area contributed by atoms with Crippen molar-refractivity contribution in [3.63, 3.8) is 0 Å². The van der Waals surface area contributed by atoms with Crippen LogP contribution in [0.15, 0.2) is 41.0 Å². The fourth-order valence-electron chi connectivity index (χ4n) is 2.74. The van der Waals surface area contributed by atoms with Crippen molar-refractivity contribution in [3.05, 3.63) is 42.3 Å².